The van der Waals surface area contributed by atoms with Crippen LogP contribution in [0.15, 0.2) is 24.3 Å². The summed E-state index contributed by atoms with van der Waals surface area (Å²) in [6.45, 7) is 7.45. The first-order valence-electron chi connectivity index (χ1n) is 9.36. The van der Waals surface area contributed by atoms with Gasteiger partial charge in [-0.05, 0) is 69.4 Å². The van der Waals surface area contributed by atoms with Crippen molar-refractivity contribution in [2.24, 2.45) is 5.92 Å². The largest absolute Gasteiger partial charge is 0.355 e. The van der Waals surface area contributed by atoms with Crippen LogP contribution < -0.4 is 10.2 Å². The number of amides is 1. The molecular formula is C19H23N7OS. The van der Waals surface area contributed by atoms with Gasteiger partial charge in [-0.3, -0.25) is 4.79 Å². The third-order valence-electron chi connectivity index (χ3n) is 4.93. The number of piperidine rings is 1. The molecule has 0 aromatic carbocycles. The van der Waals surface area contributed by atoms with Crippen LogP contribution in [0, 0.1) is 26.7 Å². The summed E-state index contributed by atoms with van der Waals surface area (Å²) in [6.07, 6.45) is 1.59. The summed E-state index contributed by atoms with van der Waals surface area (Å²) in [5, 5.41) is 16.9. The predicted molar refractivity (Wildman–Crippen MR) is 109 cm³/mol. The molecule has 3 aromatic rings. The van der Waals surface area contributed by atoms with Crippen molar-refractivity contribution in [1.29, 1.82) is 0 Å². The van der Waals surface area contributed by atoms with Gasteiger partial charge in [-0.1, -0.05) is 0 Å². The fourth-order valence-electron chi connectivity index (χ4n) is 3.48. The van der Waals surface area contributed by atoms with E-state index in [9.17, 15) is 4.79 Å². The van der Waals surface area contributed by atoms with E-state index in [1.54, 1.807) is 4.68 Å². The molecule has 0 bridgehead atoms. The van der Waals surface area contributed by atoms with Crippen LogP contribution in [0.5, 0.6) is 0 Å². The second kappa shape index (κ2) is 7.67. The lowest BCUT2D eigenvalue weighted by atomic mass is 9.96. The first-order chi connectivity index (χ1) is 13.5. The smallest absolute Gasteiger partial charge is 0.228 e. The van der Waals surface area contributed by atoms with Crippen molar-refractivity contribution >= 4 is 28.3 Å². The van der Waals surface area contributed by atoms with Crippen molar-refractivity contribution in [3.8, 4) is 5.82 Å². The summed E-state index contributed by atoms with van der Waals surface area (Å²) in [5.74, 6) is 1.64. The van der Waals surface area contributed by atoms with E-state index in [1.165, 1.54) is 11.5 Å². The molecular weight excluding hydrogens is 374 g/mol. The maximum absolute atomic E-state index is 12.5. The van der Waals surface area contributed by atoms with Crippen molar-refractivity contribution in [3.05, 3.63) is 41.3 Å². The van der Waals surface area contributed by atoms with Gasteiger partial charge in [-0.25, -0.2) is 4.68 Å². The van der Waals surface area contributed by atoms with Gasteiger partial charge in [-0.2, -0.15) is 9.47 Å². The Kier molecular flexibility index (Phi) is 5.08. The lowest BCUT2D eigenvalue weighted by molar-refractivity contribution is -0.120. The van der Waals surface area contributed by atoms with E-state index in [-0.39, 0.29) is 11.8 Å². The minimum absolute atomic E-state index is 0.0144. The Morgan fingerprint density at radius 1 is 1.07 bits per heavy atom. The summed E-state index contributed by atoms with van der Waals surface area (Å²) in [6, 6.07) is 7.82. The highest BCUT2D eigenvalue weighted by Crippen LogP contribution is 2.24. The average molecular weight is 398 g/mol. The van der Waals surface area contributed by atoms with Crippen LogP contribution in [0.2, 0.25) is 0 Å². The van der Waals surface area contributed by atoms with E-state index in [1.807, 2.05) is 45.0 Å². The van der Waals surface area contributed by atoms with Gasteiger partial charge in [0.05, 0.1) is 11.4 Å². The van der Waals surface area contributed by atoms with Gasteiger partial charge in [0.25, 0.3) is 0 Å². The Hall–Kier alpha value is -2.81. The van der Waals surface area contributed by atoms with Gasteiger partial charge in [0.15, 0.2) is 11.6 Å². The molecule has 28 heavy (non-hydrogen) atoms. The van der Waals surface area contributed by atoms with Crippen LogP contribution >= 0.6 is 11.5 Å². The van der Waals surface area contributed by atoms with E-state index in [4.69, 9.17) is 0 Å². The summed E-state index contributed by atoms with van der Waals surface area (Å²) in [4.78, 5) is 14.6. The Morgan fingerprint density at radius 3 is 2.36 bits per heavy atom. The third kappa shape index (κ3) is 3.89. The molecule has 0 atom stereocenters. The molecule has 1 aliphatic rings. The molecule has 0 radical (unpaired) electrons. The quantitative estimate of drug-likeness (QED) is 0.728. The van der Waals surface area contributed by atoms with Crippen molar-refractivity contribution in [2.45, 2.75) is 33.6 Å². The van der Waals surface area contributed by atoms with Crippen LogP contribution in [0.3, 0.4) is 0 Å². The number of carbonyl (C=O) groups excluding carboxylic acids is 1. The number of nitrogens with one attached hydrogen (secondary N) is 1. The molecule has 0 saturated carbocycles. The van der Waals surface area contributed by atoms with E-state index < -0.39 is 0 Å². The van der Waals surface area contributed by atoms with Crippen molar-refractivity contribution in [3.63, 3.8) is 0 Å². The molecule has 146 valence electrons. The highest BCUT2D eigenvalue weighted by atomic mass is 32.1. The maximum atomic E-state index is 12.5. The summed E-state index contributed by atoms with van der Waals surface area (Å²) >= 11 is 1.32. The third-order valence-corrected chi connectivity index (χ3v) is 5.72. The zero-order valence-corrected chi connectivity index (χ0v) is 17.0. The topological polar surface area (TPSA) is 88.8 Å². The van der Waals surface area contributed by atoms with Crippen LogP contribution in [0.25, 0.3) is 5.82 Å². The minimum Gasteiger partial charge on any atom is -0.355 e. The molecule has 0 unspecified atom stereocenters. The first kappa shape index (κ1) is 18.5. The van der Waals surface area contributed by atoms with Crippen LogP contribution in [-0.4, -0.2) is 43.3 Å². The first-order valence-corrected chi connectivity index (χ1v) is 10.1. The lowest BCUT2D eigenvalue weighted by Gasteiger charge is -2.31. The van der Waals surface area contributed by atoms with Crippen molar-refractivity contribution in [1.82, 2.24) is 24.4 Å². The molecule has 3 aromatic heterocycles. The monoisotopic (exact) mass is 397 g/mol. The fourth-order valence-corrected chi connectivity index (χ4v) is 4.14. The molecule has 9 heteroatoms. The molecule has 1 fully saturated rings. The Labute approximate surface area is 167 Å². The van der Waals surface area contributed by atoms with Crippen molar-refractivity contribution < 1.29 is 4.79 Å². The normalized spacial score (nSPS) is 15.0. The molecule has 0 aliphatic carbocycles. The number of hydrogen-bond acceptors (Lipinski definition) is 7. The van der Waals surface area contributed by atoms with Crippen molar-refractivity contribution in [2.75, 3.05) is 23.3 Å². The van der Waals surface area contributed by atoms with Crippen LogP contribution in [0.1, 0.15) is 29.9 Å². The van der Waals surface area contributed by atoms with Gasteiger partial charge in [0, 0.05) is 24.7 Å². The Morgan fingerprint density at radius 2 is 1.79 bits per heavy atom. The zero-order chi connectivity index (χ0) is 19.7. The summed E-state index contributed by atoms with van der Waals surface area (Å²) in [7, 11) is 0. The fraction of sp³-hybridized carbons (Fsp3) is 0.421. The Balaban J connectivity index is 1.36. The molecule has 1 amide bonds. The second-order valence-electron chi connectivity index (χ2n) is 7.17. The predicted octanol–water partition coefficient (Wildman–Crippen LogP) is 2.90. The van der Waals surface area contributed by atoms with Gasteiger partial charge < -0.3 is 10.2 Å². The Bertz CT molecular complexity index is 971. The number of aromatic nitrogens is 5. The van der Waals surface area contributed by atoms with Gasteiger partial charge >= 0.3 is 0 Å². The molecule has 0 spiro atoms. The number of nitrogens with zero attached hydrogens (tertiary/aromatic N) is 6. The SMILES string of the molecule is Cc1cc(NC(=O)C2CCN(c3ccc(-n4nc(C)cc4C)nn3)CC2)sn1. The lowest BCUT2D eigenvalue weighted by Crippen LogP contribution is -2.38. The molecule has 1 N–H and O–H groups in total. The van der Waals surface area contributed by atoms with Gasteiger partial charge in [0.2, 0.25) is 5.91 Å². The second-order valence-corrected chi connectivity index (χ2v) is 7.98. The van der Waals surface area contributed by atoms with Crippen LogP contribution in [0.4, 0.5) is 10.8 Å². The van der Waals surface area contributed by atoms with Crippen LogP contribution in [-0.2, 0) is 4.79 Å². The average Bonchev–Trinajstić information content (AvgIpc) is 3.26. The highest BCUT2D eigenvalue weighted by molar-refractivity contribution is 7.10. The maximum Gasteiger partial charge on any atom is 0.228 e. The number of carbonyl (C=O) groups is 1. The summed E-state index contributed by atoms with van der Waals surface area (Å²) < 4.78 is 5.99. The van der Waals surface area contributed by atoms with E-state index in [0.29, 0.717) is 5.82 Å². The highest BCUT2D eigenvalue weighted by Gasteiger charge is 2.26. The van der Waals surface area contributed by atoms with E-state index in [0.717, 1.165) is 53.8 Å². The molecule has 4 rings (SSSR count). The molecule has 4 heterocycles. The van der Waals surface area contributed by atoms with E-state index >= 15 is 0 Å². The number of hydrogen-bond donors (Lipinski definition) is 1. The minimum atomic E-state index is 0.0144. The molecule has 1 saturated heterocycles. The van der Waals surface area contributed by atoms with E-state index in [2.05, 4.69) is 29.9 Å². The van der Waals surface area contributed by atoms with Gasteiger partial charge in [0.1, 0.15) is 5.00 Å². The molecule has 8 nitrogen and oxygen atoms in total. The number of aryl methyl sites for hydroxylation is 3. The standard InChI is InChI=1S/C19H23N7OS/c1-12-10-14(3)26(23-12)17-5-4-16(21-22-17)25-8-6-15(7-9-25)19(27)20-18-11-13(2)24-28-18/h4-5,10-11,15H,6-9H2,1-3H3,(H,20,27). The summed E-state index contributed by atoms with van der Waals surface area (Å²) in [5.41, 5.74) is 2.91. The number of anilines is 2. The number of rotatable bonds is 4. The van der Waals surface area contributed by atoms with Gasteiger partial charge in [-0.15, -0.1) is 10.2 Å². The molecule has 1 aliphatic heterocycles. The zero-order valence-electron chi connectivity index (χ0n) is 16.2.